The van der Waals surface area contributed by atoms with Crippen molar-refractivity contribution in [2.45, 2.75) is 0 Å². The van der Waals surface area contributed by atoms with Crippen LogP contribution in [0.15, 0.2) is 24.5 Å². The molecule has 2 rings (SSSR count). The van der Waals surface area contributed by atoms with Crippen molar-refractivity contribution in [3.8, 4) is 17.3 Å². The lowest BCUT2D eigenvalue weighted by Crippen LogP contribution is -1.98. The summed E-state index contributed by atoms with van der Waals surface area (Å²) in [6, 6.07) is 4.16. The predicted molar refractivity (Wildman–Crippen MR) is 52.1 cm³/mol. The van der Waals surface area contributed by atoms with Gasteiger partial charge in [-0.25, -0.2) is 23.1 Å². The minimum atomic E-state index is -1.03. The first-order chi connectivity index (χ1) is 8.13. The number of benzene rings is 1. The molecule has 0 saturated carbocycles. The molecule has 1 aromatic carbocycles. The monoisotopic (exact) mass is 235 g/mol. The molecule has 0 unspecified atom stereocenters. The summed E-state index contributed by atoms with van der Waals surface area (Å²) < 4.78 is 39.7. The fourth-order valence-electron chi connectivity index (χ4n) is 1.32. The first-order valence-corrected chi connectivity index (χ1v) is 4.49. The summed E-state index contributed by atoms with van der Waals surface area (Å²) in [5.41, 5.74) is -1.07. The van der Waals surface area contributed by atoms with Gasteiger partial charge in [0.15, 0.2) is 11.5 Å². The molecule has 3 nitrogen and oxygen atoms in total. The van der Waals surface area contributed by atoms with Crippen molar-refractivity contribution < 1.29 is 13.2 Å². The van der Waals surface area contributed by atoms with E-state index in [1.54, 1.807) is 0 Å². The maximum Gasteiger partial charge on any atom is 0.185 e. The molecule has 0 aliphatic heterocycles. The SMILES string of the molecule is N#Cc1ncnc(-c2ccc(F)cc2F)c1F. The maximum atomic E-state index is 13.6. The lowest BCUT2D eigenvalue weighted by atomic mass is 10.1. The molecular formula is C11H4F3N3. The van der Waals surface area contributed by atoms with Gasteiger partial charge in [0.05, 0.1) is 0 Å². The summed E-state index contributed by atoms with van der Waals surface area (Å²) in [4.78, 5) is 6.93. The highest BCUT2D eigenvalue weighted by molar-refractivity contribution is 5.61. The topological polar surface area (TPSA) is 49.6 Å². The number of rotatable bonds is 1. The van der Waals surface area contributed by atoms with Crippen molar-refractivity contribution in [1.29, 1.82) is 5.26 Å². The first kappa shape index (κ1) is 11.1. The molecule has 0 fully saturated rings. The van der Waals surface area contributed by atoms with Gasteiger partial charge < -0.3 is 0 Å². The van der Waals surface area contributed by atoms with Crippen LogP contribution in [0.2, 0.25) is 0 Å². The van der Waals surface area contributed by atoms with Gasteiger partial charge in [-0.3, -0.25) is 0 Å². The fourth-order valence-corrected chi connectivity index (χ4v) is 1.32. The predicted octanol–water partition coefficient (Wildman–Crippen LogP) is 2.43. The molecule has 1 aromatic heterocycles. The lowest BCUT2D eigenvalue weighted by molar-refractivity contribution is 0.580. The van der Waals surface area contributed by atoms with Crippen LogP contribution in [0.1, 0.15) is 5.69 Å². The highest BCUT2D eigenvalue weighted by Gasteiger charge is 2.16. The number of aromatic nitrogens is 2. The van der Waals surface area contributed by atoms with E-state index < -0.39 is 23.1 Å². The normalized spacial score (nSPS) is 10.0. The summed E-state index contributed by atoms with van der Waals surface area (Å²) in [6.45, 7) is 0. The molecular weight excluding hydrogens is 231 g/mol. The standard InChI is InChI=1S/C11H4F3N3/c12-6-1-2-7(8(13)3-6)11-10(14)9(4-15)16-5-17-11/h1-3,5H. The van der Waals surface area contributed by atoms with Crippen LogP contribution in [-0.2, 0) is 0 Å². The highest BCUT2D eigenvalue weighted by Crippen LogP contribution is 2.24. The Kier molecular flexibility index (Phi) is 2.75. The quantitative estimate of drug-likeness (QED) is 0.762. The third kappa shape index (κ3) is 1.95. The van der Waals surface area contributed by atoms with Crippen LogP contribution in [-0.4, -0.2) is 9.97 Å². The Hall–Kier alpha value is -2.42. The Morgan fingerprint density at radius 1 is 1.12 bits per heavy atom. The van der Waals surface area contributed by atoms with Crippen LogP contribution in [0.25, 0.3) is 11.3 Å². The van der Waals surface area contributed by atoms with E-state index in [0.29, 0.717) is 6.07 Å². The molecule has 0 aliphatic rings. The zero-order valence-corrected chi connectivity index (χ0v) is 8.28. The molecule has 6 heteroatoms. The zero-order valence-electron chi connectivity index (χ0n) is 8.28. The van der Waals surface area contributed by atoms with Crippen molar-refractivity contribution in [3.63, 3.8) is 0 Å². The molecule has 17 heavy (non-hydrogen) atoms. The van der Waals surface area contributed by atoms with E-state index in [4.69, 9.17) is 5.26 Å². The second kappa shape index (κ2) is 4.22. The van der Waals surface area contributed by atoms with Gasteiger partial charge >= 0.3 is 0 Å². The van der Waals surface area contributed by atoms with E-state index in [1.165, 1.54) is 6.07 Å². The van der Waals surface area contributed by atoms with Gasteiger partial charge in [-0.15, -0.1) is 0 Å². The molecule has 0 aliphatic carbocycles. The maximum absolute atomic E-state index is 13.6. The molecule has 0 saturated heterocycles. The molecule has 2 aromatic rings. The zero-order chi connectivity index (χ0) is 12.4. The average molecular weight is 235 g/mol. The van der Waals surface area contributed by atoms with Gasteiger partial charge in [-0.05, 0) is 12.1 Å². The number of halogens is 3. The van der Waals surface area contributed by atoms with Crippen LogP contribution >= 0.6 is 0 Å². The Labute approximate surface area is 94.2 Å². The summed E-state index contributed by atoms with van der Waals surface area (Å²) in [5, 5.41) is 8.57. The second-order valence-electron chi connectivity index (χ2n) is 3.12. The van der Waals surface area contributed by atoms with E-state index in [1.807, 2.05) is 0 Å². The minimum absolute atomic E-state index is 0.220. The number of nitrogens with zero attached hydrogens (tertiary/aromatic N) is 3. The molecule has 84 valence electrons. The molecule has 0 N–H and O–H groups in total. The molecule has 0 amide bonds. The summed E-state index contributed by atoms with van der Waals surface area (Å²) in [7, 11) is 0. The van der Waals surface area contributed by atoms with Crippen molar-refractivity contribution in [2.24, 2.45) is 0 Å². The average Bonchev–Trinajstić information content (AvgIpc) is 2.30. The Morgan fingerprint density at radius 2 is 1.88 bits per heavy atom. The Bertz CT molecular complexity index is 620. The van der Waals surface area contributed by atoms with Gasteiger partial charge in [0.25, 0.3) is 0 Å². The first-order valence-electron chi connectivity index (χ1n) is 4.49. The largest absolute Gasteiger partial charge is 0.233 e. The number of nitriles is 1. The van der Waals surface area contributed by atoms with Crippen LogP contribution in [0.3, 0.4) is 0 Å². The summed E-state index contributed by atoms with van der Waals surface area (Å²) >= 11 is 0. The van der Waals surface area contributed by atoms with Crippen molar-refractivity contribution in [3.05, 3.63) is 47.7 Å². The van der Waals surface area contributed by atoms with Gasteiger partial charge in [0, 0.05) is 11.6 Å². The molecule has 0 bridgehead atoms. The van der Waals surface area contributed by atoms with Gasteiger partial charge in [-0.1, -0.05) is 0 Å². The third-order valence-electron chi connectivity index (χ3n) is 2.08. The van der Waals surface area contributed by atoms with E-state index in [9.17, 15) is 13.2 Å². The lowest BCUT2D eigenvalue weighted by Gasteiger charge is -2.04. The number of hydrogen-bond donors (Lipinski definition) is 0. The minimum Gasteiger partial charge on any atom is -0.233 e. The van der Waals surface area contributed by atoms with Crippen molar-refractivity contribution in [1.82, 2.24) is 9.97 Å². The Morgan fingerprint density at radius 3 is 2.53 bits per heavy atom. The van der Waals surface area contributed by atoms with E-state index in [0.717, 1.165) is 18.5 Å². The fraction of sp³-hybridized carbons (Fsp3) is 0. The van der Waals surface area contributed by atoms with Crippen molar-refractivity contribution in [2.75, 3.05) is 0 Å². The molecule has 1 heterocycles. The molecule has 0 radical (unpaired) electrons. The van der Waals surface area contributed by atoms with E-state index >= 15 is 0 Å². The molecule has 0 spiro atoms. The van der Waals surface area contributed by atoms with Gasteiger partial charge in [-0.2, -0.15) is 5.26 Å². The third-order valence-corrected chi connectivity index (χ3v) is 2.08. The van der Waals surface area contributed by atoms with Crippen LogP contribution in [0, 0.1) is 28.8 Å². The van der Waals surface area contributed by atoms with Gasteiger partial charge in [0.1, 0.15) is 29.7 Å². The summed E-state index contributed by atoms with van der Waals surface area (Å²) in [6.07, 6.45) is 0.944. The highest BCUT2D eigenvalue weighted by atomic mass is 19.1. The van der Waals surface area contributed by atoms with E-state index in [2.05, 4.69) is 9.97 Å². The second-order valence-corrected chi connectivity index (χ2v) is 3.12. The molecule has 0 atom stereocenters. The Balaban J connectivity index is 2.66. The smallest absolute Gasteiger partial charge is 0.185 e. The van der Waals surface area contributed by atoms with Crippen LogP contribution in [0.4, 0.5) is 13.2 Å². The summed E-state index contributed by atoms with van der Waals surface area (Å²) in [5.74, 6) is -2.76. The van der Waals surface area contributed by atoms with Crippen LogP contribution < -0.4 is 0 Å². The van der Waals surface area contributed by atoms with E-state index in [-0.39, 0.29) is 11.3 Å². The van der Waals surface area contributed by atoms with Crippen LogP contribution in [0.5, 0.6) is 0 Å². The van der Waals surface area contributed by atoms with Crippen molar-refractivity contribution >= 4 is 0 Å². The number of hydrogen-bond acceptors (Lipinski definition) is 3. The van der Waals surface area contributed by atoms with Gasteiger partial charge in [0.2, 0.25) is 0 Å².